The Bertz CT molecular complexity index is 340. The molecule has 66 valence electrons. The lowest BCUT2D eigenvalue weighted by Gasteiger charge is -2.22. The van der Waals surface area contributed by atoms with Gasteiger partial charge >= 0.3 is 0 Å². The molecule has 0 amide bonds. The van der Waals surface area contributed by atoms with Gasteiger partial charge in [0.2, 0.25) is 0 Å². The summed E-state index contributed by atoms with van der Waals surface area (Å²) in [5.41, 5.74) is 2.52. The lowest BCUT2D eigenvalue weighted by Crippen LogP contribution is -2.10. The van der Waals surface area contributed by atoms with Crippen molar-refractivity contribution < 1.29 is 4.74 Å². The summed E-state index contributed by atoms with van der Waals surface area (Å²) in [6, 6.07) is 8.20. The maximum atomic E-state index is 8.47. The number of ether oxygens (including phenoxy) is 1. The molecule has 2 nitrogen and oxygen atoms in total. The van der Waals surface area contributed by atoms with Gasteiger partial charge in [-0.1, -0.05) is 24.3 Å². The lowest BCUT2D eigenvalue weighted by molar-refractivity contribution is 0.144. The van der Waals surface area contributed by atoms with Crippen molar-refractivity contribution >= 4 is 0 Å². The summed E-state index contributed by atoms with van der Waals surface area (Å²) < 4.78 is 5.01. The quantitative estimate of drug-likeness (QED) is 0.611. The van der Waals surface area contributed by atoms with Crippen molar-refractivity contribution in [1.29, 1.82) is 5.26 Å². The predicted octanol–water partition coefficient (Wildman–Crippen LogP) is 2.56. The zero-order valence-electron chi connectivity index (χ0n) is 7.36. The Balaban J connectivity index is 2.32. The monoisotopic (exact) mass is 173 g/mol. The van der Waals surface area contributed by atoms with Gasteiger partial charge in [0.05, 0.1) is 0 Å². The van der Waals surface area contributed by atoms with Crippen LogP contribution < -0.4 is 0 Å². The first kappa shape index (κ1) is 8.12. The van der Waals surface area contributed by atoms with Crippen LogP contribution in [0.4, 0.5) is 0 Å². The van der Waals surface area contributed by atoms with Crippen molar-refractivity contribution in [3.63, 3.8) is 0 Å². The van der Waals surface area contributed by atoms with E-state index in [9.17, 15) is 0 Å². The molecule has 1 aliphatic rings. The van der Waals surface area contributed by atoms with Crippen LogP contribution in [0.3, 0.4) is 0 Å². The second kappa shape index (κ2) is 3.49. The van der Waals surface area contributed by atoms with E-state index in [2.05, 4.69) is 12.1 Å². The molecule has 1 atom stereocenters. The molecule has 0 saturated heterocycles. The van der Waals surface area contributed by atoms with E-state index in [1.807, 2.05) is 12.1 Å². The van der Waals surface area contributed by atoms with Crippen molar-refractivity contribution in [2.24, 2.45) is 0 Å². The van der Waals surface area contributed by atoms with Gasteiger partial charge in [0.15, 0.2) is 0 Å². The Hall–Kier alpha value is -1.49. The summed E-state index contributed by atoms with van der Waals surface area (Å²) in [6.45, 7) is 0. The summed E-state index contributed by atoms with van der Waals surface area (Å²) >= 11 is 0. The van der Waals surface area contributed by atoms with E-state index in [0.29, 0.717) is 0 Å². The van der Waals surface area contributed by atoms with E-state index < -0.39 is 0 Å². The number of benzene rings is 1. The van der Waals surface area contributed by atoms with Crippen LogP contribution in [0.2, 0.25) is 0 Å². The first-order valence-electron chi connectivity index (χ1n) is 4.54. The van der Waals surface area contributed by atoms with Gasteiger partial charge in [-0.15, -0.1) is 0 Å². The van der Waals surface area contributed by atoms with Gasteiger partial charge in [-0.2, -0.15) is 5.26 Å². The summed E-state index contributed by atoms with van der Waals surface area (Å²) in [7, 11) is 0. The summed E-state index contributed by atoms with van der Waals surface area (Å²) in [5, 5.41) is 8.47. The Morgan fingerprint density at radius 3 is 3.08 bits per heavy atom. The molecule has 0 radical (unpaired) electrons. The highest BCUT2D eigenvalue weighted by Gasteiger charge is 2.20. The molecule has 1 unspecified atom stereocenters. The Labute approximate surface area is 77.8 Å². The number of hydrogen-bond donors (Lipinski definition) is 0. The van der Waals surface area contributed by atoms with Crippen molar-refractivity contribution in [2.45, 2.75) is 25.4 Å². The zero-order chi connectivity index (χ0) is 9.10. The first-order chi connectivity index (χ1) is 6.42. The minimum absolute atomic E-state index is 0.00468. The van der Waals surface area contributed by atoms with Gasteiger partial charge in [0, 0.05) is 0 Å². The normalized spacial score (nSPS) is 20.1. The number of nitrogens with zero attached hydrogens (tertiary/aromatic N) is 1. The Morgan fingerprint density at radius 1 is 1.38 bits per heavy atom. The van der Waals surface area contributed by atoms with Crippen molar-refractivity contribution in [1.82, 2.24) is 0 Å². The third-order valence-corrected chi connectivity index (χ3v) is 2.51. The molecule has 0 spiro atoms. The minimum Gasteiger partial charge on any atom is -0.419 e. The van der Waals surface area contributed by atoms with E-state index in [1.54, 1.807) is 6.26 Å². The molecule has 0 heterocycles. The average Bonchev–Trinajstić information content (AvgIpc) is 2.19. The maximum Gasteiger partial charge on any atom is 0.286 e. The number of fused-ring (bicyclic) bond motifs is 1. The van der Waals surface area contributed by atoms with Gasteiger partial charge in [-0.05, 0) is 30.4 Å². The molecular formula is C11H11NO. The highest BCUT2D eigenvalue weighted by molar-refractivity contribution is 5.31. The summed E-state index contributed by atoms with van der Waals surface area (Å²) in [5.74, 6) is 0. The van der Waals surface area contributed by atoms with E-state index in [4.69, 9.17) is 10.00 Å². The van der Waals surface area contributed by atoms with Crippen molar-refractivity contribution in [3.8, 4) is 6.26 Å². The summed E-state index contributed by atoms with van der Waals surface area (Å²) in [4.78, 5) is 0. The van der Waals surface area contributed by atoms with Crippen LogP contribution in [0.25, 0.3) is 0 Å². The molecule has 1 aromatic carbocycles. The Morgan fingerprint density at radius 2 is 2.23 bits per heavy atom. The second-order valence-corrected chi connectivity index (χ2v) is 3.29. The third-order valence-electron chi connectivity index (χ3n) is 2.51. The molecule has 1 aliphatic carbocycles. The standard InChI is InChI=1S/C11H11NO/c12-8-13-11-7-3-5-9-4-1-2-6-10(9)11/h1-2,4,6,11H,3,5,7H2. The van der Waals surface area contributed by atoms with Gasteiger partial charge in [-0.25, -0.2) is 0 Å². The van der Waals surface area contributed by atoms with Crippen LogP contribution in [0.5, 0.6) is 0 Å². The van der Waals surface area contributed by atoms with Gasteiger partial charge in [0.1, 0.15) is 6.10 Å². The molecule has 1 aromatic rings. The van der Waals surface area contributed by atoms with Crippen molar-refractivity contribution in [2.75, 3.05) is 0 Å². The van der Waals surface area contributed by atoms with E-state index in [1.165, 1.54) is 11.1 Å². The molecule has 0 N–H and O–H groups in total. The first-order valence-corrected chi connectivity index (χ1v) is 4.54. The number of aryl methyl sites for hydroxylation is 1. The molecular weight excluding hydrogens is 162 g/mol. The fraction of sp³-hybridized carbons (Fsp3) is 0.364. The molecule has 2 heteroatoms. The van der Waals surface area contributed by atoms with E-state index in [0.717, 1.165) is 19.3 Å². The maximum absolute atomic E-state index is 8.47. The smallest absolute Gasteiger partial charge is 0.286 e. The van der Waals surface area contributed by atoms with Crippen LogP contribution in [-0.4, -0.2) is 0 Å². The number of rotatable bonds is 1. The van der Waals surface area contributed by atoms with Gasteiger partial charge < -0.3 is 4.74 Å². The lowest BCUT2D eigenvalue weighted by atomic mass is 9.89. The van der Waals surface area contributed by atoms with Gasteiger partial charge in [0.25, 0.3) is 6.26 Å². The van der Waals surface area contributed by atoms with E-state index >= 15 is 0 Å². The van der Waals surface area contributed by atoms with Gasteiger partial charge in [-0.3, -0.25) is 0 Å². The van der Waals surface area contributed by atoms with Crippen LogP contribution in [0, 0.1) is 11.5 Å². The second-order valence-electron chi connectivity index (χ2n) is 3.29. The molecule has 2 rings (SSSR count). The molecule has 0 bridgehead atoms. The minimum atomic E-state index is -0.00468. The fourth-order valence-corrected chi connectivity index (χ4v) is 1.90. The Kier molecular flexibility index (Phi) is 2.18. The molecule has 0 aliphatic heterocycles. The zero-order valence-corrected chi connectivity index (χ0v) is 7.36. The highest BCUT2D eigenvalue weighted by atomic mass is 16.5. The number of nitriles is 1. The fourth-order valence-electron chi connectivity index (χ4n) is 1.90. The molecule has 0 fully saturated rings. The number of hydrogen-bond acceptors (Lipinski definition) is 2. The topological polar surface area (TPSA) is 33.0 Å². The SMILES string of the molecule is N#COC1CCCc2ccccc21. The molecule has 0 aromatic heterocycles. The van der Waals surface area contributed by atoms with Crippen LogP contribution in [0.1, 0.15) is 30.1 Å². The molecule has 0 saturated carbocycles. The van der Waals surface area contributed by atoms with E-state index in [-0.39, 0.29) is 6.10 Å². The molecule has 13 heavy (non-hydrogen) atoms. The average molecular weight is 173 g/mol. The van der Waals surface area contributed by atoms with Crippen LogP contribution in [0.15, 0.2) is 24.3 Å². The van der Waals surface area contributed by atoms with Crippen molar-refractivity contribution in [3.05, 3.63) is 35.4 Å². The predicted molar refractivity (Wildman–Crippen MR) is 48.8 cm³/mol. The van der Waals surface area contributed by atoms with Crippen LogP contribution in [-0.2, 0) is 11.2 Å². The highest BCUT2D eigenvalue weighted by Crippen LogP contribution is 2.31. The third kappa shape index (κ3) is 1.50. The van der Waals surface area contributed by atoms with Crippen LogP contribution >= 0.6 is 0 Å². The summed E-state index contributed by atoms with van der Waals surface area (Å²) in [6.07, 6.45) is 4.96. The largest absolute Gasteiger partial charge is 0.419 e.